The lowest BCUT2D eigenvalue weighted by Gasteiger charge is -2.46. The summed E-state index contributed by atoms with van der Waals surface area (Å²) >= 11 is 0. The Balaban J connectivity index is 1.17. The van der Waals surface area contributed by atoms with Crippen molar-refractivity contribution in [2.24, 2.45) is 0 Å². The van der Waals surface area contributed by atoms with Crippen LogP contribution in [0.2, 0.25) is 0 Å². The van der Waals surface area contributed by atoms with Crippen LogP contribution in [0.3, 0.4) is 0 Å². The van der Waals surface area contributed by atoms with Crippen LogP contribution in [0, 0.1) is 0 Å². The fraction of sp³-hybridized carbons (Fsp3) is 0.412. The number of nitrogens with one attached hydrogen (secondary N) is 1. The zero-order valence-electron chi connectivity index (χ0n) is 24.8. The van der Waals surface area contributed by atoms with Gasteiger partial charge in [-0.2, -0.15) is 0 Å². The first-order valence-corrected chi connectivity index (χ1v) is 15.4. The van der Waals surface area contributed by atoms with Crippen LogP contribution >= 0.6 is 0 Å². The number of hydrogen-bond donors (Lipinski definition) is 1. The topological polar surface area (TPSA) is 80.9 Å². The molecule has 0 aromatic heterocycles. The first-order valence-electron chi connectivity index (χ1n) is 15.4. The second kappa shape index (κ2) is 11.7. The molecule has 0 radical (unpaired) electrons. The molecule has 3 saturated heterocycles. The molecule has 5 atom stereocenters. The van der Waals surface area contributed by atoms with Crippen molar-refractivity contribution in [2.45, 2.75) is 63.9 Å². The molecule has 3 unspecified atom stereocenters. The molecule has 3 fully saturated rings. The predicted octanol–water partition coefficient (Wildman–Crippen LogP) is 3.84. The van der Waals surface area contributed by atoms with Crippen molar-refractivity contribution in [3.63, 3.8) is 0 Å². The molecule has 4 heterocycles. The molecule has 224 valence electrons. The maximum Gasteiger partial charge on any atom is 0.250 e. The average Bonchev–Trinajstić information content (AvgIpc) is 3.60. The first kappa shape index (κ1) is 28.0. The number of amides is 2. The van der Waals surface area contributed by atoms with Gasteiger partial charge in [-0.1, -0.05) is 92.7 Å². The van der Waals surface area contributed by atoms with E-state index < -0.39 is 6.04 Å². The van der Waals surface area contributed by atoms with Crippen LogP contribution in [0.4, 0.5) is 0 Å². The van der Waals surface area contributed by atoms with E-state index in [9.17, 15) is 9.59 Å². The molecule has 3 aromatic carbocycles. The Labute approximate surface area is 252 Å². The summed E-state index contributed by atoms with van der Waals surface area (Å²) in [6.07, 6.45) is 0.287. The third-order valence-corrected chi connectivity index (χ3v) is 8.96. The summed E-state index contributed by atoms with van der Waals surface area (Å²) < 4.78 is 12.2. The van der Waals surface area contributed by atoms with Crippen molar-refractivity contribution in [1.29, 1.82) is 0 Å². The molecule has 0 bridgehead atoms. The van der Waals surface area contributed by atoms with Gasteiger partial charge in [-0.15, -0.1) is 0 Å². The Hall–Kier alpha value is -3.76. The standard InChI is InChI=1S/C34H39N5O4/c1-3-17-37(34-32(43-34)35-18-24-11-6-4-7-12-24)38-21-29(40)39-28(38)20-36(33(41)30(39)25-13-8-5-9-14-25)19-26-15-10-16-27-23(2)22-42-31(26)27/h4-16,23,28,30,32,34-35H,3,17-22H2,1-2H3/t23?,28-,30+,32?,34?/m1/s1. The Morgan fingerprint density at radius 1 is 0.977 bits per heavy atom. The Morgan fingerprint density at radius 3 is 2.51 bits per heavy atom. The van der Waals surface area contributed by atoms with Crippen molar-refractivity contribution in [3.05, 3.63) is 101 Å². The number of benzene rings is 3. The highest BCUT2D eigenvalue weighted by Crippen LogP contribution is 2.41. The lowest BCUT2D eigenvalue weighted by molar-refractivity contribution is -0.163. The van der Waals surface area contributed by atoms with E-state index in [1.165, 1.54) is 11.1 Å². The van der Waals surface area contributed by atoms with E-state index in [0.717, 1.165) is 29.8 Å². The highest BCUT2D eigenvalue weighted by Gasteiger charge is 2.55. The minimum atomic E-state index is -0.690. The predicted molar refractivity (Wildman–Crippen MR) is 161 cm³/mol. The van der Waals surface area contributed by atoms with Gasteiger partial charge in [0, 0.05) is 36.7 Å². The largest absolute Gasteiger partial charge is 0.492 e. The molecule has 4 aliphatic heterocycles. The van der Waals surface area contributed by atoms with E-state index in [4.69, 9.17) is 9.47 Å². The van der Waals surface area contributed by atoms with Gasteiger partial charge < -0.3 is 19.3 Å². The van der Waals surface area contributed by atoms with E-state index in [2.05, 4.69) is 59.5 Å². The quantitative estimate of drug-likeness (QED) is 0.365. The van der Waals surface area contributed by atoms with Crippen molar-refractivity contribution >= 4 is 11.8 Å². The minimum Gasteiger partial charge on any atom is -0.492 e. The number of hydrogen-bond acceptors (Lipinski definition) is 7. The minimum absolute atomic E-state index is 0.0415. The van der Waals surface area contributed by atoms with Gasteiger partial charge in [0.1, 0.15) is 18.0 Å². The van der Waals surface area contributed by atoms with Crippen LogP contribution in [-0.4, -0.2) is 76.5 Å². The van der Waals surface area contributed by atoms with Crippen LogP contribution in [0.15, 0.2) is 78.9 Å². The molecule has 2 amide bonds. The number of rotatable bonds is 10. The molecule has 0 saturated carbocycles. The molecule has 7 rings (SSSR count). The summed E-state index contributed by atoms with van der Waals surface area (Å²) in [5, 5.41) is 7.86. The summed E-state index contributed by atoms with van der Waals surface area (Å²) in [6, 6.07) is 25.5. The molecule has 0 aliphatic carbocycles. The van der Waals surface area contributed by atoms with E-state index in [1.54, 1.807) is 4.90 Å². The fourth-order valence-electron chi connectivity index (χ4n) is 6.78. The molecular formula is C34H39N5O4. The molecule has 1 N–H and O–H groups in total. The molecule has 9 heteroatoms. The zero-order valence-corrected chi connectivity index (χ0v) is 24.8. The number of para-hydroxylation sites is 1. The third-order valence-electron chi connectivity index (χ3n) is 8.96. The number of ether oxygens (including phenoxy) is 2. The van der Waals surface area contributed by atoms with E-state index >= 15 is 0 Å². The van der Waals surface area contributed by atoms with Gasteiger partial charge >= 0.3 is 0 Å². The number of carbonyl (C=O) groups excluding carboxylic acids is 2. The van der Waals surface area contributed by atoms with Gasteiger partial charge in [-0.3, -0.25) is 14.9 Å². The Bertz CT molecular complexity index is 1470. The fourth-order valence-corrected chi connectivity index (χ4v) is 6.78. The lowest BCUT2D eigenvalue weighted by Crippen LogP contribution is -2.62. The highest BCUT2D eigenvalue weighted by molar-refractivity contribution is 5.92. The number of epoxide rings is 1. The zero-order chi connectivity index (χ0) is 29.5. The molecule has 0 spiro atoms. The van der Waals surface area contributed by atoms with Crippen molar-refractivity contribution in [2.75, 3.05) is 26.2 Å². The maximum atomic E-state index is 14.2. The smallest absolute Gasteiger partial charge is 0.250 e. The molecular weight excluding hydrogens is 542 g/mol. The van der Waals surface area contributed by atoms with Gasteiger partial charge in [0.05, 0.1) is 19.7 Å². The van der Waals surface area contributed by atoms with Gasteiger partial charge in [0.2, 0.25) is 5.91 Å². The number of hydrazine groups is 1. The van der Waals surface area contributed by atoms with E-state index in [-0.39, 0.29) is 37.0 Å². The highest BCUT2D eigenvalue weighted by atomic mass is 16.6. The molecule has 3 aromatic rings. The van der Waals surface area contributed by atoms with Crippen LogP contribution in [0.5, 0.6) is 5.75 Å². The van der Waals surface area contributed by atoms with Gasteiger partial charge in [-0.25, -0.2) is 10.0 Å². The van der Waals surface area contributed by atoms with Crippen LogP contribution in [0.25, 0.3) is 0 Å². The lowest BCUT2D eigenvalue weighted by atomic mass is 9.98. The summed E-state index contributed by atoms with van der Waals surface area (Å²) in [5.74, 6) is 1.12. The molecule has 9 nitrogen and oxygen atoms in total. The van der Waals surface area contributed by atoms with Crippen LogP contribution in [-0.2, 0) is 27.4 Å². The summed E-state index contributed by atoms with van der Waals surface area (Å²) in [6.45, 7) is 7.45. The number of nitrogens with zero attached hydrogens (tertiary/aromatic N) is 4. The number of piperazine rings is 1. The van der Waals surface area contributed by atoms with Gasteiger partial charge in [0.25, 0.3) is 5.91 Å². The number of fused-ring (bicyclic) bond motifs is 2. The van der Waals surface area contributed by atoms with Gasteiger partial charge in [-0.05, 0) is 17.5 Å². The van der Waals surface area contributed by atoms with E-state index in [1.807, 2.05) is 53.4 Å². The average molecular weight is 582 g/mol. The van der Waals surface area contributed by atoms with Crippen molar-refractivity contribution in [1.82, 2.24) is 25.1 Å². The monoisotopic (exact) mass is 581 g/mol. The Morgan fingerprint density at radius 2 is 1.74 bits per heavy atom. The Kier molecular flexibility index (Phi) is 7.65. The third kappa shape index (κ3) is 5.31. The van der Waals surface area contributed by atoms with Crippen molar-refractivity contribution < 1.29 is 19.1 Å². The molecule has 4 aliphatic rings. The maximum absolute atomic E-state index is 14.2. The second-order valence-electron chi connectivity index (χ2n) is 11.9. The summed E-state index contributed by atoms with van der Waals surface area (Å²) in [5.41, 5.74) is 4.22. The van der Waals surface area contributed by atoms with E-state index in [0.29, 0.717) is 32.2 Å². The van der Waals surface area contributed by atoms with Crippen molar-refractivity contribution in [3.8, 4) is 5.75 Å². The number of carbonyl (C=O) groups is 2. The summed E-state index contributed by atoms with van der Waals surface area (Å²) in [7, 11) is 0. The van der Waals surface area contributed by atoms with Crippen LogP contribution < -0.4 is 10.1 Å². The SMILES string of the molecule is CCCN(C1OC1NCc1ccccc1)N1CC(=O)N2[C@@H](c3ccccc3)C(=O)N(Cc3cccc4c3OCC4C)C[C@@H]21. The molecule has 43 heavy (non-hydrogen) atoms. The van der Waals surface area contributed by atoms with Gasteiger partial charge in [0.15, 0.2) is 12.5 Å². The normalized spacial score (nSPS) is 26.5. The second-order valence-corrected chi connectivity index (χ2v) is 11.9. The van der Waals surface area contributed by atoms with Crippen LogP contribution in [0.1, 0.15) is 54.5 Å². The summed E-state index contributed by atoms with van der Waals surface area (Å²) in [4.78, 5) is 31.7. The first-order chi connectivity index (χ1) is 21.0.